The molecule has 0 aliphatic carbocycles. The van der Waals surface area contributed by atoms with Crippen molar-refractivity contribution in [1.29, 1.82) is 0 Å². The fraction of sp³-hybridized carbons (Fsp3) is 0.250. The van der Waals surface area contributed by atoms with E-state index >= 15 is 0 Å². The molecule has 2 aromatic rings. The number of aromatic amines is 1. The number of H-pyrrole nitrogens is 1. The Hall–Kier alpha value is -1.82. The number of nitrogen functional groups attached to an aromatic ring is 1. The Morgan fingerprint density at radius 2 is 2.28 bits per heavy atom. The highest BCUT2D eigenvalue weighted by Crippen LogP contribution is 2.20. The van der Waals surface area contributed by atoms with E-state index in [1.54, 1.807) is 24.6 Å². The summed E-state index contributed by atoms with van der Waals surface area (Å²) in [4.78, 5) is 15.0. The summed E-state index contributed by atoms with van der Waals surface area (Å²) in [5, 5.41) is 3.53. The predicted molar refractivity (Wildman–Crippen MR) is 74.0 cm³/mol. The summed E-state index contributed by atoms with van der Waals surface area (Å²) >= 11 is 0. The van der Waals surface area contributed by atoms with Crippen molar-refractivity contribution in [2.24, 2.45) is 0 Å². The van der Waals surface area contributed by atoms with Crippen LogP contribution in [0.2, 0.25) is 0 Å². The Morgan fingerprint density at radius 3 is 3.00 bits per heavy atom. The lowest BCUT2D eigenvalue weighted by Crippen LogP contribution is -2.27. The molecule has 2 rings (SSSR count). The number of aromatic nitrogens is 1. The maximum atomic E-state index is 11.9. The summed E-state index contributed by atoms with van der Waals surface area (Å²) in [5.41, 5.74) is 7.75. The monoisotopic (exact) mass is 265 g/mol. The van der Waals surface area contributed by atoms with Gasteiger partial charge in [-0.1, -0.05) is 0 Å². The van der Waals surface area contributed by atoms with Crippen LogP contribution >= 0.6 is 0 Å². The fourth-order valence-electron chi connectivity index (χ4n) is 1.73. The van der Waals surface area contributed by atoms with Crippen molar-refractivity contribution in [2.75, 3.05) is 24.3 Å². The quantitative estimate of drug-likeness (QED) is 0.716. The van der Waals surface area contributed by atoms with Gasteiger partial charge < -0.3 is 16.0 Å². The van der Waals surface area contributed by atoms with Gasteiger partial charge in [0, 0.05) is 52.1 Å². The van der Waals surface area contributed by atoms with E-state index in [-0.39, 0.29) is 5.91 Å². The maximum absolute atomic E-state index is 11.9. The van der Waals surface area contributed by atoms with E-state index in [2.05, 4.69) is 10.3 Å². The molecule has 18 heavy (non-hydrogen) atoms. The summed E-state index contributed by atoms with van der Waals surface area (Å²) in [6.07, 6.45) is 3.26. The number of anilines is 1. The molecule has 1 unspecified atom stereocenters. The molecule has 4 N–H and O–H groups in total. The minimum absolute atomic E-state index is 0.183. The smallest absolute Gasteiger partial charge is 0.253 e. The van der Waals surface area contributed by atoms with Crippen LogP contribution in [0.5, 0.6) is 0 Å². The molecule has 0 spiro atoms. The predicted octanol–water partition coefficient (Wildman–Crippen LogP) is 0.858. The van der Waals surface area contributed by atoms with Gasteiger partial charge in [-0.15, -0.1) is 0 Å². The van der Waals surface area contributed by atoms with Gasteiger partial charge in [0.25, 0.3) is 5.91 Å². The summed E-state index contributed by atoms with van der Waals surface area (Å²) in [6, 6.07) is 5.38. The molecule has 0 aliphatic rings. The van der Waals surface area contributed by atoms with Crippen molar-refractivity contribution in [3.63, 3.8) is 0 Å². The first-order valence-electron chi connectivity index (χ1n) is 5.53. The molecule has 0 bridgehead atoms. The minimum atomic E-state index is -0.902. The van der Waals surface area contributed by atoms with E-state index in [9.17, 15) is 9.00 Å². The highest BCUT2D eigenvalue weighted by atomic mass is 32.2. The number of hydrogen-bond donors (Lipinski definition) is 3. The summed E-state index contributed by atoms with van der Waals surface area (Å²) in [7, 11) is -0.902. The van der Waals surface area contributed by atoms with Gasteiger partial charge in [0.15, 0.2) is 0 Å². The second-order valence-electron chi connectivity index (χ2n) is 4.04. The molecular weight excluding hydrogens is 250 g/mol. The van der Waals surface area contributed by atoms with Gasteiger partial charge in [-0.05, 0) is 18.2 Å². The first kappa shape index (κ1) is 12.6. The van der Waals surface area contributed by atoms with Crippen LogP contribution in [0.4, 0.5) is 5.69 Å². The van der Waals surface area contributed by atoms with Crippen LogP contribution in [0.15, 0.2) is 24.4 Å². The number of carbonyl (C=O) groups is 1. The van der Waals surface area contributed by atoms with Gasteiger partial charge >= 0.3 is 0 Å². The Morgan fingerprint density at radius 1 is 1.50 bits per heavy atom. The number of nitrogens with one attached hydrogen (secondary N) is 2. The number of hydrogen-bond acceptors (Lipinski definition) is 3. The maximum Gasteiger partial charge on any atom is 0.253 e. The Kier molecular flexibility index (Phi) is 3.66. The van der Waals surface area contributed by atoms with Crippen molar-refractivity contribution in [3.8, 4) is 0 Å². The lowest BCUT2D eigenvalue weighted by atomic mass is 10.1. The molecular formula is C12H15N3O2S. The second kappa shape index (κ2) is 5.22. The number of carbonyl (C=O) groups excluding carboxylic acids is 1. The van der Waals surface area contributed by atoms with Gasteiger partial charge in [0.1, 0.15) is 0 Å². The zero-order valence-corrected chi connectivity index (χ0v) is 10.8. The number of rotatable bonds is 4. The molecule has 6 heteroatoms. The molecule has 1 atom stereocenters. The highest BCUT2D eigenvalue weighted by Gasteiger charge is 2.11. The van der Waals surface area contributed by atoms with E-state index in [4.69, 9.17) is 5.73 Å². The van der Waals surface area contributed by atoms with Crippen LogP contribution in [-0.4, -0.2) is 33.7 Å². The number of nitrogens with two attached hydrogens (primary N) is 1. The third-order valence-electron chi connectivity index (χ3n) is 2.63. The summed E-state index contributed by atoms with van der Waals surface area (Å²) < 4.78 is 10.9. The van der Waals surface area contributed by atoms with Crippen LogP contribution in [0.3, 0.4) is 0 Å². The molecule has 1 amide bonds. The van der Waals surface area contributed by atoms with E-state index < -0.39 is 10.8 Å². The van der Waals surface area contributed by atoms with Crippen molar-refractivity contribution in [3.05, 3.63) is 30.0 Å². The zero-order valence-electron chi connectivity index (χ0n) is 10.0. The lowest BCUT2D eigenvalue weighted by molar-refractivity contribution is 0.0958. The standard InChI is InChI=1S/C12H15N3O2S/c1-18(17)5-4-14-12(16)10-7-15-11-3-2-8(13)6-9(10)11/h2-3,6-7,15H,4-5,13H2,1H3,(H,14,16). The molecule has 1 aromatic heterocycles. The van der Waals surface area contributed by atoms with Crippen LogP contribution < -0.4 is 11.1 Å². The van der Waals surface area contributed by atoms with Gasteiger partial charge in [-0.3, -0.25) is 9.00 Å². The molecule has 1 heterocycles. The van der Waals surface area contributed by atoms with E-state index in [0.29, 0.717) is 23.5 Å². The Balaban J connectivity index is 2.17. The number of amides is 1. The molecule has 0 radical (unpaired) electrons. The first-order valence-corrected chi connectivity index (χ1v) is 7.25. The molecule has 0 saturated heterocycles. The van der Waals surface area contributed by atoms with Gasteiger partial charge in [0.2, 0.25) is 0 Å². The largest absolute Gasteiger partial charge is 0.399 e. The number of benzene rings is 1. The number of fused-ring (bicyclic) bond motifs is 1. The van der Waals surface area contributed by atoms with Gasteiger partial charge in [0.05, 0.1) is 5.56 Å². The highest BCUT2D eigenvalue weighted by molar-refractivity contribution is 7.84. The topological polar surface area (TPSA) is 88.0 Å². The Labute approximate surface area is 107 Å². The van der Waals surface area contributed by atoms with Crippen LogP contribution in [0, 0.1) is 0 Å². The molecule has 0 fully saturated rings. The van der Waals surface area contributed by atoms with Crippen LogP contribution in [0.1, 0.15) is 10.4 Å². The average Bonchev–Trinajstić information content (AvgIpc) is 2.71. The first-order chi connectivity index (χ1) is 8.58. The van der Waals surface area contributed by atoms with Crippen molar-refractivity contribution >= 4 is 33.3 Å². The SMILES string of the molecule is CS(=O)CCNC(=O)c1c[nH]c2ccc(N)cc12. The van der Waals surface area contributed by atoms with E-state index in [1.807, 2.05) is 6.07 Å². The van der Waals surface area contributed by atoms with Gasteiger partial charge in [-0.25, -0.2) is 0 Å². The third-order valence-corrected chi connectivity index (χ3v) is 3.40. The van der Waals surface area contributed by atoms with Crippen LogP contribution in [-0.2, 0) is 10.8 Å². The average molecular weight is 265 g/mol. The minimum Gasteiger partial charge on any atom is -0.399 e. The third kappa shape index (κ3) is 2.70. The molecule has 96 valence electrons. The fourth-order valence-corrected chi connectivity index (χ4v) is 2.12. The van der Waals surface area contributed by atoms with Crippen molar-refractivity contribution < 1.29 is 9.00 Å². The van der Waals surface area contributed by atoms with E-state index in [0.717, 1.165) is 10.9 Å². The lowest BCUT2D eigenvalue weighted by Gasteiger charge is -2.03. The van der Waals surface area contributed by atoms with E-state index in [1.165, 1.54) is 0 Å². The Bertz CT molecular complexity index is 606. The molecule has 0 aliphatic heterocycles. The van der Waals surface area contributed by atoms with Gasteiger partial charge in [-0.2, -0.15) is 0 Å². The summed E-state index contributed by atoms with van der Waals surface area (Å²) in [5.74, 6) is 0.272. The summed E-state index contributed by atoms with van der Waals surface area (Å²) in [6.45, 7) is 0.400. The second-order valence-corrected chi connectivity index (χ2v) is 5.60. The molecule has 1 aromatic carbocycles. The zero-order chi connectivity index (χ0) is 13.1. The van der Waals surface area contributed by atoms with Crippen LogP contribution in [0.25, 0.3) is 10.9 Å². The molecule has 0 saturated carbocycles. The molecule has 5 nitrogen and oxygen atoms in total. The normalized spacial score (nSPS) is 12.5. The van der Waals surface area contributed by atoms with Crippen molar-refractivity contribution in [2.45, 2.75) is 0 Å². The van der Waals surface area contributed by atoms with Crippen molar-refractivity contribution in [1.82, 2.24) is 10.3 Å².